The van der Waals surface area contributed by atoms with Crippen LogP contribution < -0.4 is 5.32 Å². The van der Waals surface area contributed by atoms with Gasteiger partial charge in [-0.3, -0.25) is 4.79 Å². The summed E-state index contributed by atoms with van der Waals surface area (Å²) < 4.78 is 4.73. The van der Waals surface area contributed by atoms with Gasteiger partial charge in [0, 0.05) is 6.42 Å². The number of rotatable bonds is 2. The molecule has 2 atom stereocenters. The highest BCUT2D eigenvalue weighted by Crippen LogP contribution is 2.09. The molecular weight excluding hydrogens is 146 g/mol. The van der Waals surface area contributed by atoms with Gasteiger partial charge < -0.3 is 10.1 Å². The van der Waals surface area contributed by atoms with Gasteiger partial charge in [0.05, 0.1) is 0 Å². The van der Waals surface area contributed by atoms with Gasteiger partial charge in [-0.05, 0) is 6.92 Å². The van der Waals surface area contributed by atoms with Gasteiger partial charge in [-0.15, -0.1) is 0 Å². The molecule has 1 aliphatic rings. The molecule has 0 aromatic heterocycles. The molecule has 1 aliphatic heterocycles. The number of Topliss-reactive ketones (excluding diaryl/α,β-unsaturated/α-hetero) is 1. The molecule has 0 radical (unpaired) electrons. The highest BCUT2D eigenvalue weighted by Gasteiger charge is 2.34. The van der Waals surface area contributed by atoms with Crippen LogP contribution in [0.3, 0.4) is 0 Å². The molecule has 11 heavy (non-hydrogen) atoms. The Labute approximate surface area is 64.9 Å². The van der Waals surface area contributed by atoms with Crippen molar-refractivity contribution in [3.05, 3.63) is 0 Å². The summed E-state index contributed by atoms with van der Waals surface area (Å²) in [6.45, 7) is 3.47. The Bertz CT molecular complexity index is 190. The van der Waals surface area contributed by atoms with Crippen LogP contribution in [0.25, 0.3) is 0 Å². The van der Waals surface area contributed by atoms with Crippen molar-refractivity contribution in [2.75, 3.05) is 0 Å². The molecule has 1 fully saturated rings. The first-order chi connectivity index (χ1) is 5.15. The maximum atomic E-state index is 11.1. The van der Waals surface area contributed by atoms with E-state index in [0.717, 1.165) is 0 Å². The number of nitrogens with one attached hydrogen (secondary N) is 1. The van der Waals surface area contributed by atoms with Crippen LogP contribution in [0, 0.1) is 0 Å². The number of hydrogen-bond acceptors (Lipinski definition) is 3. The Morgan fingerprint density at radius 2 is 2.36 bits per heavy atom. The molecule has 1 N–H and O–H groups in total. The van der Waals surface area contributed by atoms with E-state index >= 15 is 0 Å². The normalized spacial score (nSPS) is 29.5. The number of amides is 1. The Hall–Kier alpha value is -1.06. The lowest BCUT2D eigenvalue weighted by Gasteiger charge is -2.08. The van der Waals surface area contributed by atoms with Crippen molar-refractivity contribution in [1.29, 1.82) is 0 Å². The molecule has 0 aliphatic carbocycles. The highest BCUT2D eigenvalue weighted by atomic mass is 16.6. The number of ether oxygens (including phenoxy) is 1. The van der Waals surface area contributed by atoms with Crippen LogP contribution in [0.15, 0.2) is 0 Å². The molecule has 0 bridgehead atoms. The third kappa shape index (κ3) is 1.50. The van der Waals surface area contributed by atoms with Gasteiger partial charge in [-0.1, -0.05) is 6.92 Å². The van der Waals surface area contributed by atoms with E-state index in [1.54, 1.807) is 13.8 Å². The summed E-state index contributed by atoms with van der Waals surface area (Å²) in [5.74, 6) is 0.0170. The van der Waals surface area contributed by atoms with Gasteiger partial charge >= 0.3 is 6.09 Å². The molecule has 0 aromatic rings. The quantitative estimate of drug-likeness (QED) is 0.633. The first-order valence-corrected chi connectivity index (χ1v) is 3.65. The van der Waals surface area contributed by atoms with Crippen molar-refractivity contribution < 1.29 is 14.3 Å². The van der Waals surface area contributed by atoms with Crippen LogP contribution in [0.5, 0.6) is 0 Å². The first kappa shape index (κ1) is 8.04. The number of hydrogen-bond donors (Lipinski definition) is 1. The topological polar surface area (TPSA) is 55.4 Å². The van der Waals surface area contributed by atoms with E-state index in [2.05, 4.69) is 5.32 Å². The van der Waals surface area contributed by atoms with Crippen LogP contribution in [0.4, 0.5) is 4.79 Å². The summed E-state index contributed by atoms with van der Waals surface area (Å²) in [6, 6.07) is -0.438. The molecule has 1 rings (SSSR count). The van der Waals surface area contributed by atoms with Crippen molar-refractivity contribution in [1.82, 2.24) is 5.32 Å². The van der Waals surface area contributed by atoms with Crippen molar-refractivity contribution in [2.45, 2.75) is 32.4 Å². The predicted molar refractivity (Wildman–Crippen MR) is 38.2 cm³/mol. The van der Waals surface area contributed by atoms with E-state index in [9.17, 15) is 9.59 Å². The maximum absolute atomic E-state index is 11.1. The second kappa shape index (κ2) is 2.90. The van der Waals surface area contributed by atoms with Crippen molar-refractivity contribution in [2.24, 2.45) is 0 Å². The second-order valence-corrected chi connectivity index (χ2v) is 2.55. The second-order valence-electron chi connectivity index (χ2n) is 2.55. The van der Waals surface area contributed by atoms with Gasteiger partial charge in [0.2, 0.25) is 0 Å². The SMILES string of the molecule is CCC(=O)[C@H]1NC(=O)O[C@H]1C. The molecule has 1 saturated heterocycles. The van der Waals surface area contributed by atoms with Gasteiger partial charge in [0.25, 0.3) is 0 Å². The van der Waals surface area contributed by atoms with Gasteiger partial charge in [-0.2, -0.15) is 0 Å². The number of cyclic esters (lactones) is 1. The number of ketones is 1. The van der Waals surface area contributed by atoms with Crippen LogP contribution in [-0.2, 0) is 9.53 Å². The zero-order valence-corrected chi connectivity index (χ0v) is 6.59. The summed E-state index contributed by atoms with van der Waals surface area (Å²) in [5.41, 5.74) is 0. The summed E-state index contributed by atoms with van der Waals surface area (Å²) >= 11 is 0. The maximum Gasteiger partial charge on any atom is 0.408 e. The molecule has 0 saturated carbocycles. The Balaban J connectivity index is 2.59. The number of carbonyl (C=O) groups is 2. The lowest BCUT2D eigenvalue weighted by Crippen LogP contribution is -2.37. The monoisotopic (exact) mass is 157 g/mol. The summed E-state index contributed by atoms with van der Waals surface area (Å²) in [6.07, 6.45) is -0.391. The Kier molecular flexibility index (Phi) is 2.12. The van der Waals surface area contributed by atoms with E-state index in [1.165, 1.54) is 0 Å². The molecule has 0 spiro atoms. The lowest BCUT2D eigenvalue weighted by molar-refractivity contribution is -0.121. The number of alkyl carbamates (subject to hydrolysis) is 1. The smallest absolute Gasteiger partial charge is 0.408 e. The van der Waals surface area contributed by atoms with E-state index in [4.69, 9.17) is 4.74 Å². The Morgan fingerprint density at radius 3 is 2.73 bits per heavy atom. The predicted octanol–water partition coefficient (Wildman–Crippen LogP) is 0.462. The van der Waals surface area contributed by atoms with Crippen LogP contribution in [0.1, 0.15) is 20.3 Å². The summed E-state index contributed by atoms with van der Waals surface area (Å²) in [7, 11) is 0. The number of carbonyl (C=O) groups excluding carboxylic acids is 2. The van der Waals surface area contributed by atoms with Crippen molar-refractivity contribution >= 4 is 11.9 Å². The summed E-state index contributed by atoms with van der Waals surface area (Å²) in [4.78, 5) is 21.7. The fourth-order valence-electron chi connectivity index (χ4n) is 1.08. The molecule has 1 heterocycles. The lowest BCUT2D eigenvalue weighted by atomic mass is 10.1. The highest BCUT2D eigenvalue weighted by molar-refractivity contribution is 5.89. The van der Waals surface area contributed by atoms with Crippen molar-refractivity contribution in [3.63, 3.8) is 0 Å². The first-order valence-electron chi connectivity index (χ1n) is 3.65. The standard InChI is InChI=1S/C7H11NO3/c1-3-5(9)6-4(2)11-7(10)8-6/h4,6H,3H2,1-2H3,(H,8,10)/t4-,6-/m0/s1. The summed E-state index contributed by atoms with van der Waals surface area (Å²) in [5, 5.41) is 2.44. The van der Waals surface area contributed by atoms with E-state index in [-0.39, 0.29) is 11.9 Å². The van der Waals surface area contributed by atoms with E-state index < -0.39 is 12.1 Å². The zero-order valence-electron chi connectivity index (χ0n) is 6.59. The zero-order chi connectivity index (χ0) is 8.43. The largest absolute Gasteiger partial charge is 0.444 e. The molecule has 0 aromatic carbocycles. The minimum absolute atomic E-state index is 0.0170. The van der Waals surface area contributed by atoms with Crippen LogP contribution in [0.2, 0.25) is 0 Å². The molecule has 0 unspecified atom stereocenters. The molecule has 4 nitrogen and oxygen atoms in total. The average Bonchev–Trinajstić information content (AvgIpc) is 2.28. The molecule has 62 valence electrons. The fraction of sp³-hybridized carbons (Fsp3) is 0.714. The van der Waals surface area contributed by atoms with Gasteiger partial charge in [0.1, 0.15) is 12.1 Å². The third-order valence-corrected chi connectivity index (χ3v) is 1.73. The van der Waals surface area contributed by atoms with Crippen LogP contribution >= 0.6 is 0 Å². The van der Waals surface area contributed by atoms with E-state index in [0.29, 0.717) is 6.42 Å². The average molecular weight is 157 g/mol. The molecule has 1 amide bonds. The fourth-order valence-corrected chi connectivity index (χ4v) is 1.08. The molecular formula is C7H11NO3. The van der Waals surface area contributed by atoms with Crippen LogP contribution in [-0.4, -0.2) is 24.0 Å². The molecule has 4 heteroatoms. The minimum atomic E-state index is -0.496. The Morgan fingerprint density at radius 1 is 1.73 bits per heavy atom. The minimum Gasteiger partial charge on any atom is -0.444 e. The van der Waals surface area contributed by atoms with Gasteiger partial charge in [-0.25, -0.2) is 4.79 Å². The third-order valence-electron chi connectivity index (χ3n) is 1.73. The van der Waals surface area contributed by atoms with E-state index in [1.807, 2.05) is 0 Å². The van der Waals surface area contributed by atoms with Gasteiger partial charge in [0.15, 0.2) is 5.78 Å². The van der Waals surface area contributed by atoms with Crippen molar-refractivity contribution in [3.8, 4) is 0 Å².